The number of nitrogens with zero attached hydrogens (tertiary/aromatic N) is 3. The molecule has 1 heterocycles. The Bertz CT molecular complexity index is 323. The van der Waals surface area contributed by atoms with Gasteiger partial charge in [0.2, 0.25) is 11.9 Å². The molecule has 0 aliphatic rings. The Morgan fingerprint density at radius 3 is 1.63 bits per heavy atom. The van der Waals surface area contributed by atoms with Gasteiger partial charge >= 0.3 is 29.6 Å². The summed E-state index contributed by atoms with van der Waals surface area (Å²) in [5.41, 5.74) is 0. The molecular weight excluding hydrogens is 305 g/mol. The van der Waals surface area contributed by atoms with Gasteiger partial charge in [-0.15, -0.1) is 0 Å². The van der Waals surface area contributed by atoms with Gasteiger partial charge < -0.3 is 24.6 Å². The molecule has 0 aromatic carbocycles. The van der Waals surface area contributed by atoms with Crippen LogP contribution in [0.5, 0.6) is 0 Å². The van der Waals surface area contributed by atoms with Crippen molar-refractivity contribution < 1.29 is 54.3 Å². The van der Waals surface area contributed by atoms with Gasteiger partial charge in [0.05, 0.1) is 10.8 Å². The van der Waals surface area contributed by atoms with Gasteiger partial charge in [0.15, 0.2) is 5.16 Å². The van der Waals surface area contributed by atoms with Gasteiger partial charge in [-0.2, -0.15) is 15.0 Å². The summed E-state index contributed by atoms with van der Waals surface area (Å²) in [5.74, 6) is 1.26. The summed E-state index contributed by atoms with van der Waals surface area (Å²) in [4.78, 5) is 12.6. The number of hydrogen-bond acceptors (Lipinski definition) is 9. The minimum Gasteiger partial charge on any atom is -0.357 e. The molecule has 0 fully saturated rings. The molecule has 0 saturated heterocycles. The molecule has 0 atom stereocenters. The van der Waals surface area contributed by atoms with Crippen molar-refractivity contribution in [1.29, 1.82) is 0 Å². The van der Waals surface area contributed by atoms with E-state index < -0.39 is 10.8 Å². The van der Waals surface area contributed by atoms with E-state index in [-0.39, 0.29) is 29.6 Å². The first kappa shape index (κ1) is 21.4. The van der Waals surface area contributed by atoms with Gasteiger partial charge in [0, 0.05) is 13.1 Å². The van der Waals surface area contributed by atoms with E-state index in [4.69, 9.17) is 14.0 Å². The first-order chi connectivity index (χ1) is 8.53. The maximum absolute atomic E-state index is 8.41. The van der Waals surface area contributed by atoms with Crippen molar-refractivity contribution in [2.45, 2.75) is 19.0 Å². The third-order valence-electron chi connectivity index (χ3n) is 1.47. The molecule has 1 aromatic heterocycles. The smallest absolute Gasteiger partial charge is 0.357 e. The van der Waals surface area contributed by atoms with E-state index in [2.05, 4.69) is 25.6 Å². The maximum atomic E-state index is 8.41. The minimum atomic E-state index is -2.85. The normalized spacial score (nSPS) is 9.21. The topological polar surface area (TPSA) is 132 Å². The van der Waals surface area contributed by atoms with Gasteiger partial charge in [-0.1, -0.05) is 11.8 Å². The molecule has 0 saturated carbocycles. The summed E-state index contributed by atoms with van der Waals surface area (Å²) in [5, 5.41) is 6.86. The molecule has 11 heteroatoms. The third-order valence-corrected chi connectivity index (χ3v) is 2.01. The van der Waals surface area contributed by atoms with Crippen LogP contribution in [0, 0.1) is 10.8 Å². The van der Waals surface area contributed by atoms with Crippen LogP contribution in [0.3, 0.4) is 0 Å². The van der Waals surface area contributed by atoms with Crippen LogP contribution in [0.4, 0.5) is 11.9 Å². The minimum absolute atomic E-state index is 0. The van der Waals surface area contributed by atoms with Crippen molar-refractivity contribution in [1.82, 2.24) is 15.0 Å². The van der Waals surface area contributed by atoms with Crippen molar-refractivity contribution in [3.05, 3.63) is 0 Å². The fourth-order valence-electron chi connectivity index (χ4n) is 0.922. The Morgan fingerprint density at radius 2 is 1.37 bits per heavy atom. The van der Waals surface area contributed by atoms with E-state index in [1.807, 2.05) is 20.1 Å². The van der Waals surface area contributed by atoms with Crippen LogP contribution in [-0.2, 0) is 0 Å². The molecule has 104 valence electrons. The van der Waals surface area contributed by atoms with E-state index in [0.717, 1.165) is 18.2 Å². The Kier molecular flexibility index (Phi) is 14.8. The molecule has 0 spiro atoms. The summed E-state index contributed by atoms with van der Waals surface area (Å²) < 4.78 is 25.2. The van der Waals surface area contributed by atoms with E-state index >= 15 is 0 Å². The van der Waals surface area contributed by atoms with Crippen molar-refractivity contribution >= 4 is 23.7 Å². The molecule has 0 radical (unpaired) electrons. The zero-order chi connectivity index (χ0) is 14.0. The van der Waals surface area contributed by atoms with Crippen LogP contribution in [-0.4, -0.2) is 34.3 Å². The summed E-state index contributed by atoms with van der Waals surface area (Å²) in [6, 6.07) is 0. The van der Waals surface area contributed by atoms with Gasteiger partial charge in [-0.3, -0.25) is 0 Å². The largest absolute Gasteiger partial charge is 1.00 e. The van der Waals surface area contributed by atoms with Crippen molar-refractivity contribution in [2.24, 2.45) is 0 Å². The van der Waals surface area contributed by atoms with Crippen LogP contribution < -0.4 is 54.2 Å². The van der Waals surface area contributed by atoms with Gasteiger partial charge in [-0.25, -0.2) is 0 Å². The molecule has 0 unspecified atom stereocenters. The number of hydrogen-bond donors (Lipinski definition) is 2. The summed E-state index contributed by atoms with van der Waals surface area (Å²) >= 11 is 1.51. The van der Waals surface area contributed by atoms with Crippen LogP contribution in [0.2, 0.25) is 0 Å². The second kappa shape index (κ2) is 13.1. The van der Waals surface area contributed by atoms with Crippen LogP contribution in [0.15, 0.2) is 5.16 Å². The van der Waals surface area contributed by atoms with E-state index in [9.17, 15) is 0 Å². The van der Waals surface area contributed by atoms with Crippen molar-refractivity contribution in [3.63, 3.8) is 0 Å². The van der Waals surface area contributed by atoms with E-state index in [1.165, 1.54) is 11.8 Å². The second-order valence-corrected chi connectivity index (χ2v) is 3.87. The average molecular weight is 320 g/mol. The number of halogens is 1. The van der Waals surface area contributed by atoms with E-state index in [0.29, 0.717) is 11.9 Å². The number of anilines is 2. The number of thioether (sulfide) groups is 1. The van der Waals surface area contributed by atoms with Crippen LogP contribution in [0.25, 0.3) is 0 Å². The number of aromatic nitrogens is 3. The summed E-state index contributed by atoms with van der Waals surface area (Å²) in [6.07, 6.45) is 1.95. The standard InChI is InChI=1S/C8H15N5S.ClO3.Na/c1-4-9-6-11-7(10-5-2)13-8(12-6)14-3;2-1(3)4;/h4-5H2,1-3H3,(H2,9,10,11,12,13);;/q;-1;+1. The molecular formula is C8H15ClN5NaO3S. The van der Waals surface area contributed by atoms with Gasteiger partial charge in [-0.05, 0) is 20.1 Å². The maximum Gasteiger partial charge on any atom is 1.00 e. The number of nitrogens with one attached hydrogen (secondary N) is 2. The molecule has 1 aromatic rings. The van der Waals surface area contributed by atoms with Crippen LogP contribution in [0.1, 0.15) is 13.8 Å². The first-order valence-electron chi connectivity index (χ1n) is 5.04. The monoisotopic (exact) mass is 319 g/mol. The SMILES string of the molecule is CCNc1nc(NCC)nc(SC)n1.[Na+].[O-][Cl+2]([O-])[O-]. The number of rotatable bonds is 5. The zero-order valence-electron chi connectivity index (χ0n) is 11.3. The van der Waals surface area contributed by atoms with Gasteiger partial charge in [0.1, 0.15) is 0 Å². The molecule has 19 heavy (non-hydrogen) atoms. The Labute approximate surface area is 141 Å². The second-order valence-electron chi connectivity index (χ2n) is 2.72. The summed E-state index contributed by atoms with van der Waals surface area (Å²) in [7, 11) is -2.85. The summed E-state index contributed by atoms with van der Waals surface area (Å²) in [6.45, 7) is 5.64. The predicted molar refractivity (Wildman–Crippen MR) is 59.9 cm³/mol. The molecule has 0 amide bonds. The average Bonchev–Trinajstić information content (AvgIpc) is 2.29. The third kappa shape index (κ3) is 11.6. The Hall–Kier alpha value is 0.130. The predicted octanol–water partition coefficient (Wildman–Crippen LogP) is -5.11. The fraction of sp³-hybridized carbons (Fsp3) is 0.625. The quantitative estimate of drug-likeness (QED) is 0.404. The molecule has 0 aliphatic carbocycles. The molecule has 0 bridgehead atoms. The van der Waals surface area contributed by atoms with Crippen LogP contribution >= 0.6 is 11.8 Å². The Morgan fingerprint density at radius 1 is 1.00 bits per heavy atom. The molecule has 1 rings (SSSR count). The van der Waals surface area contributed by atoms with Crippen molar-refractivity contribution in [3.8, 4) is 0 Å². The molecule has 8 nitrogen and oxygen atoms in total. The zero-order valence-corrected chi connectivity index (χ0v) is 14.8. The first-order valence-corrected chi connectivity index (χ1v) is 7.19. The van der Waals surface area contributed by atoms with Crippen molar-refractivity contribution in [2.75, 3.05) is 30.0 Å². The van der Waals surface area contributed by atoms with E-state index in [1.54, 1.807) is 0 Å². The molecule has 2 N–H and O–H groups in total. The molecule has 0 aliphatic heterocycles. The Balaban J connectivity index is 0. The van der Waals surface area contributed by atoms with Gasteiger partial charge in [0.25, 0.3) is 0 Å². The fourth-order valence-corrected chi connectivity index (χ4v) is 1.28.